The van der Waals surface area contributed by atoms with Crippen molar-refractivity contribution >= 4 is 40.4 Å². The number of fused-ring (bicyclic) bond motifs is 1. The maximum absolute atomic E-state index is 12.6. The summed E-state index contributed by atoms with van der Waals surface area (Å²) in [5, 5.41) is 20.1. The number of benzene rings is 2. The number of carbonyl (C=O) groups excluding carboxylic acids is 1. The smallest absolute Gasteiger partial charge is 0.475 e. The number of carboxylic acids is 1. The molecule has 2 heterocycles. The summed E-state index contributed by atoms with van der Waals surface area (Å²) >= 11 is 2.00. The Morgan fingerprint density at radius 2 is 1.74 bits per heavy atom. The SMILES string of the molecule is N#Cc1cc(NC(=O)c2ccc(CN3CCSCC3)cc2)nc2ccccc12.O=C(O)C(F)(F)F. The van der Waals surface area contributed by atoms with Gasteiger partial charge in [0.25, 0.3) is 5.91 Å². The predicted octanol–water partition coefficient (Wildman–Crippen LogP) is 4.54. The molecule has 182 valence electrons. The molecule has 1 fully saturated rings. The molecule has 2 N–H and O–H groups in total. The van der Waals surface area contributed by atoms with E-state index in [4.69, 9.17) is 9.90 Å². The molecular weight excluding hydrogens is 481 g/mol. The van der Waals surface area contributed by atoms with Gasteiger partial charge >= 0.3 is 12.1 Å². The van der Waals surface area contributed by atoms with Gasteiger partial charge in [-0.15, -0.1) is 0 Å². The minimum absolute atomic E-state index is 0.229. The van der Waals surface area contributed by atoms with Gasteiger partial charge in [0.2, 0.25) is 0 Å². The highest BCUT2D eigenvalue weighted by Gasteiger charge is 2.38. The molecule has 1 aliphatic heterocycles. The third-order valence-electron chi connectivity index (χ3n) is 5.05. The lowest BCUT2D eigenvalue weighted by Crippen LogP contribution is -2.31. The van der Waals surface area contributed by atoms with E-state index in [1.54, 1.807) is 6.07 Å². The maximum atomic E-state index is 12.6. The number of aliphatic carboxylic acids is 1. The number of para-hydroxylation sites is 1. The van der Waals surface area contributed by atoms with Crippen LogP contribution in [0.3, 0.4) is 0 Å². The molecule has 1 saturated heterocycles. The minimum atomic E-state index is -5.08. The van der Waals surface area contributed by atoms with Crippen LogP contribution in [-0.4, -0.2) is 57.6 Å². The molecule has 0 radical (unpaired) electrons. The third kappa shape index (κ3) is 7.43. The van der Waals surface area contributed by atoms with Crippen LogP contribution < -0.4 is 5.32 Å². The number of pyridine rings is 1. The van der Waals surface area contributed by atoms with Crippen LogP contribution in [0.5, 0.6) is 0 Å². The van der Waals surface area contributed by atoms with Crippen LogP contribution in [0.4, 0.5) is 19.0 Å². The quantitative estimate of drug-likeness (QED) is 0.540. The van der Waals surface area contributed by atoms with E-state index >= 15 is 0 Å². The Kier molecular flexibility index (Phi) is 8.68. The van der Waals surface area contributed by atoms with Gasteiger partial charge in [-0.05, 0) is 29.8 Å². The summed E-state index contributed by atoms with van der Waals surface area (Å²) < 4.78 is 31.7. The van der Waals surface area contributed by atoms with Crippen LogP contribution in [0.2, 0.25) is 0 Å². The van der Waals surface area contributed by atoms with Crippen LogP contribution in [0, 0.1) is 11.3 Å². The van der Waals surface area contributed by atoms with Crippen molar-refractivity contribution in [1.82, 2.24) is 9.88 Å². The van der Waals surface area contributed by atoms with Gasteiger partial charge in [0, 0.05) is 42.1 Å². The maximum Gasteiger partial charge on any atom is 0.490 e. The molecule has 1 aliphatic rings. The minimum Gasteiger partial charge on any atom is -0.475 e. The summed E-state index contributed by atoms with van der Waals surface area (Å²) in [5.41, 5.74) is 2.97. The summed E-state index contributed by atoms with van der Waals surface area (Å²) in [6.07, 6.45) is -5.08. The summed E-state index contributed by atoms with van der Waals surface area (Å²) in [5.74, 6) is -0.233. The number of hydrogen-bond donors (Lipinski definition) is 2. The van der Waals surface area contributed by atoms with Crippen molar-refractivity contribution in [3.8, 4) is 6.07 Å². The van der Waals surface area contributed by atoms with Gasteiger partial charge in [-0.2, -0.15) is 30.2 Å². The van der Waals surface area contributed by atoms with Gasteiger partial charge in [0.1, 0.15) is 5.82 Å². The average molecular weight is 503 g/mol. The number of anilines is 1. The monoisotopic (exact) mass is 502 g/mol. The van der Waals surface area contributed by atoms with E-state index in [1.807, 2.05) is 60.3 Å². The molecule has 35 heavy (non-hydrogen) atoms. The lowest BCUT2D eigenvalue weighted by molar-refractivity contribution is -0.192. The van der Waals surface area contributed by atoms with Crippen LogP contribution in [0.25, 0.3) is 10.9 Å². The van der Waals surface area contributed by atoms with E-state index in [1.165, 1.54) is 17.1 Å². The second-order valence-corrected chi connectivity index (χ2v) is 8.75. The number of aromatic nitrogens is 1. The van der Waals surface area contributed by atoms with Crippen LogP contribution in [0.15, 0.2) is 54.6 Å². The number of carboxylic acid groups (broad SMARTS) is 1. The molecule has 1 amide bonds. The molecule has 2 aromatic carbocycles. The van der Waals surface area contributed by atoms with Crippen molar-refractivity contribution in [1.29, 1.82) is 5.26 Å². The van der Waals surface area contributed by atoms with E-state index in [-0.39, 0.29) is 5.91 Å². The molecule has 0 unspecified atom stereocenters. The molecule has 0 aliphatic carbocycles. The first-order valence-corrected chi connectivity index (χ1v) is 11.6. The van der Waals surface area contributed by atoms with Gasteiger partial charge in [-0.3, -0.25) is 9.69 Å². The average Bonchev–Trinajstić information content (AvgIpc) is 2.84. The standard InChI is InChI=1S/C22H20N4OS.C2HF3O2/c23-14-18-13-21(24-20-4-2-1-3-19(18)20)25-22(27)17-7-5-16(6-8-17)15-26-9-11-28-12-10-26;3-2(4,5)1(6)7/h1-8,13H,9-12,15H2,(H,24,25,27);(H,6,7). The van der Waals surface area contributed by atoms with Crippen LogP contribution in [0.1, 0.15) is 21.5 Å². The number of nitrogens with zero attached hydrogens (tertiary/aromatic N) is 3. The molecule has 3 aromatic rings. The number of hydrogen-bond acceptors (Lipinski definition) is 6. The Morgan fingerprint density at radius 1 is 1.11 bits per heavy atom. The Labute approximate surface area is 203 Å². The van der Waals surface area contributed by atoms with Gasteiger partial charge in [-0.1, -0.05) is 30.3 Å². The molecule has 7 nitrogen and oxygen atoms in total. The second-order valence-electron chi connectivity index (χ2n) is 7.53. The number of alkyl halides is 3. The zero-order valence-electron chi connectivity index (χ0n) is 18.4. The predicted molar refractivity (Wildman–Crippen MR) is 127 cm³/mol. The first-order chi connectivity index (χ1) is 16.7. The molecule has 0 saturated carbocycles. The summed E-state index contributed by atoms with van der Waals surface area (Å²) in [6, 6.07) is 18.9. The number of carbonyl (C=O) groups is 2. The van der Waals surface area contributed by atoms with Crippen molar-refractivity contribution < 1.29 is 27.9 Å². The molecule has 4 rings (SSSR count). The fourth-order valence-electron chi connectivity index (χ4n) is 3.30. The van der Waals surface area contributed by atoms with Crippen molar-refractivity contribution in [2.45, 2.75) is 12.7 Å². The largest absolute Gasteiger partial charge is 0.490 e. The summed E-state index contributed by atoms with van der Waals surface area (Å²) in [4.78, 5) is 28.4. The van der Waals surface area contributed by atoms with E-state index < -0.39 is 12.1 Å². The fraction of sp³-hybridized carbons (Fsp3) is 0.250. The Bertz CT molecular complexity index is 1240. The highest BCUT2D eigenvalue weighted by molar-refractivity contribution is 7.99. The van der Waals surface area contributed by atoms with Gasteiger partial charge in [-0.25, -0.2) is 9.78 Å². The van der Waals surface area contributed by atoms with Crippen molar-refractivity contribution in [3.05, 3.63) is 71.3 Å². The van der Waals surface area contributed by atoms with E-state index in [0.717, 1.165) is 25.0 Å². The molecule has 0 atom stereocenters. The van der Waals surface area contributed by atoms with E-state index in [9.17, 15) is 23.2 Å². The van der Waals surface area contributed by atoms with Crippen LogP contribution in [-0.2, 0) is 11.3 Å². The highest BCUT2D eigenvalue weighted by Crippen LogP contribution is 2.21. The normalized spacial score (nSPS) is 13.9. The lowest BCUT2D eigenvalue weighted by atomic mass is 10.1. The topological polar surface area (TPSA) is 106 Å². The van der Waals surface area contributed by atoms with Crippen molar-refractivity contribution in [3.63, 3.8) is 0 Å². The van der Waals surface area contributed by atoms with Crippen LogP contribution >= 0.6 is 11.8 Å². The van der Waals surface area contributed by atoms with Crippen molar-refractivity contribution in [2.24, 2.45) is 0 Å². The third-order valence-corrected chi connectivity index (χ3v) is 5.99. The fourth-order valence-corrected chi connectivity index (χ4v) is 4.28. The second kappa shape index (κ2) is 11.7. The number of amides is 1. The van der Waals surface area contributed by atoms with E-state index in [0.29, 0.717) is 22.5 Å². The number of thioether (sulfide) groups is 1. The molecule has 1 aromatic heterocycles. The highest BCUT2D eigenvalue weighted by atomic mass is 32.2. The Balaban J connectivity index is 0.000000429. The lowest BCUT2D eigenvalue weighted by Gasteiger charge is -2.26. The van der Waals surface area contributed by atoms with Crippen molar-refractivity contribution in [2.75, 3.05) is 29.9 Å². The number of nitriles is 1. The first kappa shape index (κ1) is 26.0. The Hall–Kier alpha value is -3.62. The van der Waals surface area contributed by atoms with Gasteiger partial charge < -0.3 is 10.4 Å². The number of halogens is 3. The number of rotatable bonds is 4. The zero-order valence-corrected chi connectivity index (χ0v) is 19.2. The zero-order chi connectivity index (χ0) is 25.4. The van der Waals surface area contributed by atoms with Gasteiger partial charge in [0.05, 0.1) is 17.1 Å². The molecule has 0 bridgehead atoms. The van der Waals surface area contributed by atoms with Gasteiger partial charge in [0.15, 0.2) is 0 Å². The molecule has 0 spiro atoms. The Morgan fingerprint density at radius 3 is 2.34 bits per heavy atom. The van der Waals surface area contributed by atoms with E-state index in [2.05, 4.69) is 21.3 Å². The molecular formula is C24H21F3N4O3S. The summed E-state index contributed by atoms with van der Waals surface area (Å²) in [7, 11) is 0. The number of nitrogens with one attached hydrogen (secondary N) is 1. The summed E-state index contributed by atoms with van der Waals surface area (Å²) in [6.45, 7) is 3.14. The molecule has 11 heteroatoms. The first-order valence-electron chi connectivity index (χ1n) is 10.5.